The third-order valence-electron chi connectivity index (χ3n) is 5.54. The van der Waals surface area contributed by atoms with Gasteiger partial charge < -0.3 is 19.4 Å². The summed E-state index contributed by atoms with van der Waals surface area (Å²) >= 11 is 2.80. The molecule has 1 aromatic carbocycles. The maximum absolute atomic E-state index is 12.6. The van der Waals surface area contributed by atoms with Gasteiger partial charge in [0, 0.05) is 23.1 Å². The zero-order valence-corrected chi connectivity index (χ0v) is 20.1. The van der Waals surface area contributed by atoms with Crippen molar-refractivity contribution in [2.75, 3.05) is 25.3 Å². The normalized spacial score (nSPS) is 14.3. The van der Waals surface area contributed by atoms with Crippen LogP contribution in [0.4, 0.5) is 5.13 Å². The van der Waals surface area contributed by atoms with Crippen molar-refractivity contribution in [3.05, 3.63) is 29.4 Å². The lowest BCUT2D eigenvalue weighted by Crippen LogP contribution is -2.17. The van der Waals surface area contributed by atoms with E-state index in [-0.39, 0.29) is 11.7 Å². The van der Waals surface area contributed by atoms with Gasteiger partial charge in [0.15, 0.2) is 10.3 Å². The highest BCUT2D eigenvalue weighted by molar-refractivity contribution is 7.99. The lowest BCUT2D eigenvalue weighted by molar-refractivity contribution is -0.113. The molecule has 0 bridgehead atoms. The number of hydrogen-bond donors (Lipinski definition) is 1. The minimum absolute atomic E-state index is 0.117. The van der Waals surface area contributed by atoms with Crippen LogP contribution < -0.4 is 14.8 Å². The van der Waals surface area contributed by atoms with E-state index in [1.807, 2.05) is 30.5 Å². The highest BCUT2D eigenvalue weighted by Gasteiger charge is 2.22. The van der Waals surface area contributed by atoms with Gasteiger partial charge in [0.2, 0.25) is 5.91 Å². The Morgan fingerprint density at radius 3 is 2.78 bits per heavy atom. The summed E-state index contributed by atoms with van der Waals surface area (Å²) < 4.78 is 12.9. The number of benzene rings is 1. The molecule has 3 aromatic rings. The van der Waals surface area contributed by atoms with Gasteiger partial charge in [-0.1, -0.05) is 31.0 Å². The van der Waals surface area contributed by atoms with Crippen LogP contribution in [0.5, 0.6) is 11.5 Å². The van der Waals surface area contributed by atoms with Gasteiger partial charge in [0.05, 0.1) is 25.7 Å². The predicted molar refractivity (Wildman–Crippen MR) is 127 cm³/mol. The fourth-order valence-corrected chi connectivity index (χ4v) is 5.54. The fourth-order valence-electron chi connectivity index (χ4n) is 3.96. The molecule has 0 atom stereocenters. The molecule has 2 heterocycles. The molecule has 1 aliphatic carbocycles. The van der Waals surface area contributed by atoms with Gasteiger partial charge in [0.1, 0.15) is 17.3 Å². The maximum atomic E-state index is 12.6. The molecule has 1 saturated carbocycles. The number of anilines is 1. The number of carbonyl (C=O) groups excluding carboxylic acids is 1. The van der Waals surface area contributed by atoms with E-state index in [0.29, 0.717) is 22.7 Å². The molecule has 1 aliphatic rings. The number of carbonyl (C=O) groups is 1. The van der Waals surface area contributed by atoms with Crippen molar-refractivity contribution >= 4 is 34.1 Å². The van der Waals surface area contributed by atoms with Crippen molar-refractivity contribution < 1.29 is 14.3 Å². The highest BCUT2D eigenvalue weighted by atomic mass is 32.2. The van der Waals surface area contributed by atoms with E-state index in [1.54, 1.807) is 14.2 Å². The second kappa shape index (κ2) is 10.4. The topological polar surface area (TPSA) is 91.2 Å². The van der Waals surface area contributed by atoms with Crippen molar-refractivity contribution in [2.45, 2.75) is 50.2 Å². The quantitative estimate of drug-likeness (QED) is 0.462. The molecule has 8 nitrogen and oxygen atoms in total. The minimum atomic E-state index is -0.117. The van der Waals surface area contributed by atoms with Crippen molar-refractivity contribution in [3.8, 4) is 22.8 Å². The molecule has 0 spiro atoms. The van der Waals surface area contributed by atoms with Crippen LogP contribution in [0.25, 0.3) is 11.3 Å². The van der Waals surface area contributed by atoms with Crippen molar-refractivity contribution in [3.63, 3.8) is 0 Å². The monoisotopic (exact) mass is 473 g/mol. The number of thiazole rings is 1. The van der Waals surface area contributed by atoms with Gasteiger partial charge in [-0.05, 0) is 31.9 Å². The Balaban J connectivity index is 1.39. The second-order valence-corrected chi connectivity index (χ2v) is 9.43. The number of thioether (sulfide) groups is 1. The number of ether oxygens (including phenoxy) is 2. The number of aromatic nitrogens is 4. The van der Waals surface area contributed by atoms with Crippen molar-refractivity contribution in [2.24, 2.45) is 0 Å². The van der Waals surface area contributed by atoms with Gasteiger partial charge in [-0.2, -0.15) is 0 Å². The first kappa shape index (κ1) is 22.6. The predicted octanol–water partition coefficient (Wildman–Crippen LogP) is 4.96. The summed E-state index contributed by atoms with van der Waals surface area (Å²) in [7, 11) is 3.22. The molecule has 32 heavy (non-hydrogen) atoms. The molecule has 10 heteroatoms. The van der Waals surface area contributed by atoms with Gasteiger partial charge in [-0.25, -0.2) is 4.98 Å². The molecule has 1 amide bonds. The van der Waals surface area contributed by atoms with Crippen LogP contribution in [0.3, 0.4) is 0 Å². The van der Waals surface area contributed by atoms with Gasteiger partial charge >= 0.3 is 0 Å². The third kappa shape index (κ3) is 5.07. The summed E-state index contributed by atoms with van der Waals surface area (Å²) in [4.78, 5) is 17.1. The summed E-state index contributed by atoms with van der Waals surface area (Å²) in [6.07, 6.45) is 6.06. The number of nitrogens with one attached hydrogen (secondary N) is 1. The molecule has 0 radical (unpaired) electrons. The third-order valence-corrected chi connectivity index (χ3v) is 7.24. The lowest BCUT2D eigenvalue weighted by atomic mass is 9.95. The first-order chi connectivity index (χ1) is 15.6. The van der Waals surface area contributed by atoms with Gasteiger partial charge in [-0.15, -0.1) is 21.5 Å². The molecule has 0 aliphatic heterocycles. The molecule has 0 saturated heterocycles. The van der Waals surface area contributed by atoms with E-state index in [0.717, 1.165) is 35.1 Å². The van der Waals surface area contributed by atoms with E-state index in [1.165, 1.54) is 42.4 Å². The Morgan fingerprint density at radius 1 is 1.22 bits per heavy atom. The number of methoxy groups -OCH3 is 2. The average Bonchev–Trinajstić information content (AvgIpc) is 3.44. The summed E-state index contributed by atoms with van der Waals surface area (Å²) in [5, 5.41) is 14.7. The Kier molecular flexibility index (Phi) is 7.31. The molecule has 1 fully saturated rings. The molecule has 170 valence electrons. The number of hydrogen-bond acceptors (Lipinski definition) is 8. The zero-order chi connectivity index (χ0) is 22.5. The summed E-state index contributed by atoms with van der Waals surface area (Å²) in [6.45, 7) is 1.98. The Labute approximate surface area is 195 Å². The first-order valence-corrected chi connectivity index (χ1v) is 12.5. The van der Waals surface area contributed by atoms with Gasteiger partial charge in [0.25, 0.3) is 0 Å². The van der Waals surface area contributed by atoms with Crippen LogP contribution in [0.2, 0.25) is 0 Å². The molecular weight excluding hydrogens is 446 g/mol. The van der Waals surface area contributed by atoms with Crippen LogP contribution in [0.15, 0.2) is 28.7 Å². The van der Waals surface area contributed by atoms with E-state index in [2.05, 4.69) is 25.1 Å². The van der Waals surface area contributed by atoms with Crippen molar-refractivity contribution in [1.82, 2.24) is 19.7 Å². The number of nitrogens with zero attached hydrogens (tertiary/aromatic N) is 4. The van der Waals surface area contributed by atoms with Crippen LogP contribution in [0.1, 0.15) is 44.0 Å². The van der Waals surface area contributed by atoms with E-state index >= 15 is 0 Å². The van der Waals surface area contributed by atoms with E-state index < -0.39 is 0 Å². The van der Waals surface area contributed by atoms with Gasteiger partial charge in [-0.3, -0.25) is 4.79 Å². The number of aryl methyl sites for hydroxylation is 1. The molecule has 2 aromatic heterocycles. The van der Waals surface area contributed by atoms with Crippen LogP contribution >= 0.6 is 23.1 Å². The number of rotatable bonds is 8. The first-order valence-electron chi connectivity index (χ1n) is 10.6. The summed E-state index contributed by atoms with van der Waals surface area (Å²) in [5.74, 6) is 2.43. The minimum Gasteiger partial charge on any atom is -0.497 e. The maximum Gasteiger partial charge on any atom is 0.236 e. The second-order valence-electron chi connectivity index (χ2n) is 7.63. The standard InChI is InChI=1S/C22H27N5O3S2/c1-14-25-26-22(27(14)15-7-5-4-6-8-15)32-13-20(28)24-21-23-18(12-31-21)17-10-9-16(29-2)11-19(17)30-3/h9-12,15H,4-8,13H2,1-3H3,(H,23,24,28). The zero-order valence-electron chi connectivity index (χ0n) is 18.5. The largest absolute Gasteiger partial charge is 0.497 e. The van der Waals surface area contributed by atoms with Crippen LogP contribution in [-0.2, 0) is 4.79 Å². The Bertz CT molecular complexity index is 1080. The molecule has 1 N–H and O–H groups in total. The summed E-state index contributed by atoms with van der Waals surface area (Å²) in [5.41, 5.74) is 1.58. The Morgan fingerprint density at radius 2 is 2.03 bits per heavy atom. The van der Waals surface area contributed by atoms with Crippen molar-refractivity contribution in [1.29, 1.82) is 0 Å². The molecule has 0 unspecified atom stereocenters. The Hall–Kier alpha value is -2.59. The number of amides is 1. The highest BCUT2D eigenvalue weighted by Crippen LogP contribution is 2.35. The van der Waals surface area contributed by atoms with Crippen LogP contribution in [0, 0.1) is 6.92 Å². The fraction of sp³-hybridized carbons (Fsp3) is 0.455. The SMILES string of the molecule is COc1ccc(-c2csc(NC(=O)CSc3nnc(C)n3C3CCCCC3)n2)c(OC)c1. The summed E-state index contributed by atoms with van der Waals surface area (Å²) in [6, 6.07) is 6.00. The average molecular weight is 474 g/mol. The van der Waals surface area contributed by atoms with E-state index in [4.69, 9.17) is 9.47 Å². The molecule has 4 rings (SSSR count). The lowest BCUT2D eigenvalue weighted by Gasteiger charge is -2.24. The molecular formula is C22H27N5O3S2. The smallest absolute Gasteiger partial charge is 0.236 e. The van der Waals surface area contributed by atoms with Crippen LogP contribution in [-0.4, -0.2) is 45.6 Å². The van der Waals surface area contributed by atoms with E-state index in [9.17, 15) is 4.79 Å².